The standard InChI is InChI=1S/C19H26F2O3/c1-11-12(2)14(4)17(15(5)13(11)3)24-16-10-18(22-8-9-23-18)6-7-19(16,20)21/h16H,6-10H2,1-5H3. The Kier molecular flexibility index (Phi) is 4.37. The molecule has 0 amide bonds. The minimum Gasteiger partial charge on any atom is -0.483 e. The van der Waals surface area contributed by atoms with E-state index in [2.05, 4.69) is 6.92 Å². The van der Waals surface area contributed by atoms with Crippen LogP contribution in [-0.2, 0) is 9.47 Å². The van der Waals surface area contributed by atoms with Gasteiger partial charge >= 0.3 is 0 Å². The fourth-order valence-electron chi connectivity index (χ4n) is 3.72. The molecule has 1 saturated carbocycles. The van der Waals surface area contributed by atoms with Crippen LogP contribution in [0.3, 0.4) is 0 Å². The molecule has 5 heteroatoms. The average molecular weight is 340 g/mol. The highest BCUT2D eigenvalue weighted by atomic mass is 19.3. The number of hydrogen-bond donors (Lipinski definition) is 0. The van der Waals surface area contributed by atoms with Gasteiger partial charge in [0.15, 0.2) is 11.9 Å². The van der Waals surface area contributed by atoms with E-state index in [1.54, 1.807) is 0 Å². The fourth-order valence-corrected chi connectivity index (χ4v) is 3.72. The average Bonchev–Trinajstić information content (AvgIpc) is 3.00. The minimum absolute atomic E-state index is 0.0604. The maximum atomic E-state index is 14.5. The maximum Gasteiger partial charge on any atom is 0.284 e. The van der Waals surface area contributed by atoms with Crippen LogP contribution in [0.5, 0.6) is 5.75 Å². The molecule has 3 rings (SSSR count). The van der Waals surface area contributed by atoms with Gasteiger partial charge in [-0.25, -0.2) is 8.78 Å². The molecule has 1 unspecified atom stereocenters. The second-order valence-corrected chi connectivity index (χ2v) is 7.13. The van der Waals surface area contributed by atoms with E-state index >= 15 is 0 Å². The molecule has 3 nitrogen and oxygen atoms in total. The highest BCUT2D eigenvalue weighted by Crippen LogP contribution is 2.45. The van der Waals surface area contributed by atoms with Crippen molar-refractivity contribution in [1.82, 2.24) is 0 Å². The highest BCUT2D eigenvalue weighted by Gasteiger charge is 2.55. The van der Waals surface area contributed by atoms with E-state index in [1.165, 1.54) is 5.56 Å². The van der Waals surface area contributed by atoms with Crippen molar-refractivity contribution >= 4 is 0 Å². The van der Waals surface area contributed by atoms with Gasteiger partial charge in [-0.15, -0.1) is 0 Å². The summed E-state index contributed by atoms with van der Waals surface area (Å²) in [6.45, 7) is 10.9. The molecule has 1 aliphatic carbocycles. The molecule has 134 valence electrons. The number of rotatable bonds is 2. The Bertz CT molecular complexity index is 619. The lowest BCUT2D eigenvalue weighted by Crippen LogP contribution is -2.51. The van der Waals surface area contributed by atoms with Crippen LogP contribution in [0.15, 0.2) is 0 Å². The molecule has 1 aromatic rings. The summed E-state index contributed by atoms with van der Waals surface area (Å²) in [5.41, 5.74) is 5.23. The second-order valence-electron chi connectivity index (χ2n) is 7.13. The molecule has 0 aromatic heterocycles. The molecule has 1 aromatic carbocycles. The third-order valence-electron chi connectivity index (χ3n) is 5.81. The van der Waals surface area contributed by atoms with E-state index in [9.17, 15) is 8.78 Å². The lowest BCUT2D eigenvalue weighted by molar-refractivity contribution is -0.242. The Morgan fingerprint density at radius 2 is 1.33 bits per heavy atom. The molecule has 1 atom stereocenters. The predicted octanol–water partition coefficient (Wildman–Crippen LogP) is 4.54. The zero-order chi connectivity index (χ0) is 17.7. The summed E-state index contributed by atoms with van der Waals surface area (Å²) in [7, 11) is 0. The lowest BCUT2D eigenvalue weighted by atomic mass is 9.87. The van der Waals surface area contributed by atoms with Gasteiger partial charge in [-0.1, -0.05) is 0 Å². The smallest absolute Gasteiger partial charge is 0.284 e. The van der Waals surface area contributed by atoms with E-state index in [-0.39, 0.29) is 19.3 Å². The minimum atomic E-state index is -2.88. The van der Waals surface area contributed by atoms with Crippen LogP contribution in [0.2, 0.25) is 0 Å². The molecule has 0 radical (unpaired) electrons. The molecular formula is C19H26F2O3. The number of benzene rings is 1. The van der Waals surface area contributed by atoms with Crippen molar-refractivity contribution in [3.63, 3.8) is 0 Å². The first-order chi connectivity index (χ1) is 11.2. The Labute approximate surface area is 142 Å². The number of hydrogen-bond acceptors (Lipinski definition) is 3. The molecular weight excluding hydrogens is 314 g/mol. The third-order valence-corrected chi connectivity index (χ3v) is 5.81. The van der Waals surface area contributed by atoms with Gasteiger partial charge < -0.3 is 14.2 Å². The first kappa shape index (κ1) is 17.6. The van der Waals surface area contributed by atoms with Gasteiger partial charge in [0.1, 0.15) is 5.75 Å². The Morgan fingerprint density at radius 1 is 0.833 bits per heavy atom. The predicted molar refractivity (Wildman–Crippen MR) is 88.0 cm³/mol. The SMILES string of the molecule is Cc1c(C)c(C)c(OC2CC3(CCC2(F)F)OCCO3)c(C)c1C. The topological polar surface area (TPSA) is 27.7 Å². The monoisotopic (exact) mass is 340 g/mol. The largest absolute Gasteiger partial charge is 0.483 e. The van der Waals surface area contributed by atoms with Gasteiger partial charge in [0.2, 0.25) is 0 Å². The summed E-state index contributed by atoms with van der Waals surface area (Å²) in [5.74, 6) is -3.20. The highest BCUT2D eigenvalue weighted by molar-refractivity contribution is 5.53. The summed E-state index contributed by atoms with van der Waals surface area (Å²) >= 11 is 0. The zero-order valence-corrected chi connectivity index (χ0v) is 15.1. The summed E-state index contributed by atoms with van der Waals surface area (Å²) < 4.78 is 46.2. The van der Waals surface area contributed by atoms with E-state index in [0.717, 1.165) is 22.3 Å². The number of alkyl halides is 2. The van der Waals surface area contributed by atoms with Crippen molar-refractivity contribution in [2.24, 2.45) is 0 Å². The summed E-state index contributed by atoms with van der Waals surface area (Å²) in [5, 5.41) is 0. The molecule has 1 spiro atoms. The lowest BCUT2D eigenvalue weighted by Gasteiger charge is -2.41. The van der Waals surface area contributed by atoms with Gasteiger partial charge in [-0.05, 0) is 62.4 Å². The van der Waals surface area contributed by atoms with Crippen molar-refractivity contribution in [1.29, 1.82) is 0 Å². The molecule has 24 heavy (non-hydrogen) atoms. The summed E-state index contributed by atoms with van der Waals surface area (Å²) in [6, 6.07) is 0. The molecule has 1 heterocycles. The van der Waals surface area contributed by atoms with E-state index in [0.29, 0.717) is 19.0 Å². The Balaban J connectivity index is 1.94. The van der Waals surface area contributed by atoms with E-state index in [1.807, 2.05) is 27.7 Å². The summed E-state index contributed by atoms with van der Waals surface area (Å²) in [4.78, 5) is 0. The van der Waals surface area contributed by atoms with E-state index in [4.69, 9.17) is 14.2 Å². The molecule has 0 bridgehead atoms. The summed E-state index contributed by atoms with van der Waals surface area (Å²) in [6.07, 6.45) is -1.24. The third kappa shape index (κ3) is 2.82. The number of halogens is 2. The molecule has 2 aliphatic rings. The molecule has 0 N–H and O–H groups in total. The van der Waals surface area contributed by atoms with Crippen LogP contribution < -0.4 is 4.74 Å². The van der Waals surface area contributed by atoms with Crippen molar-refractivity contribution in [2.45, 2.75) is 71.7 Å². The van der Waals surface area contributed by atoms with Gasteiger partial charge in [0.05, 0.1) is 13.2 Å². The van der Waals surface area contributed by atoms with Crippen molar-refractivity contribution < 1.29 is 23.0 Å². The Morgan fingerprint density at radius 3 is 1.88 bits per heavy atom. The van der Waals surface area contributed by atoms with Gasteiger partial charge in [-0.3, -0.25) is 0 Å². The van der Waals surface area contributed by atoms with Gasteiger partial charge in [-0.2, -0.15) is 0 Å². The Hall–Kier alpha value is -1.20. The van der Waals surface area contributed by atoms with Crippen molar-refractivity contribution in [3.8, 4) is 5.75 Å². The van der Waals surface area contributed by atoms with Crippen LogP contribution >= 0.6 is 0 Å². The van der Waals surface area contributed by atoms with Crippen molar-refractivity contribution in [2.75, 3.05) is 13.2 Å². The first-order valence-electron chi connectivity index (χ1n) is 8.56. The normalized spacial score (nSPS) is 25.2. The first-order valence-corrected chi connectivity index (χ1v) is 8.56. The second kappa shape index (κ2) is 5.95. The fraction of sp³-hybridized carbons (Fsp3) is 0.684. The van der Waals surface area contributed by atoms with Crippen LogP contribution in [0, 0.1) is 34.6 Å². The van der Waals surface area contributed by atoms with Crippen LogP contribution in [0.25, 0.3) is 0 Å². The molecule has 1 saturated heterocycles. The zero-order valence-electron chi connectivity index (χ0n) is 15.1. The van der Waals surface area contributed by atoms with Gasteiger partial charge in [0.25, 0.3) is 5.92 Å². The van der Waals surface area contributed by atoms with Crippen molar-refractivity contribution in [3.05, 3.63) is 27.8 Å². The quantitative estimate of drug-likeness (QED) is 0.791. The van der Waals surface area contributed by atoms with Crippen LogP contribution in [-0.4, -0.2) is 31.0 Å². The van der Waals surface area contributed by atoms with Crippen LogP contribution in [0.1, 0.15) is 47.1 Å². The number of ether oxygens (including phenoxy) is 3. The van der Waals surface area contributed by atoms with Gasteiger partial charge in [0, 0.05) is 19.3 Å². The molecule has 1 aliphatic heterocycles. The molecule has 2 fully saturated rings. The maximum absolute atomic E-state index is 14.5. The van der Waals surface area contributed by atoms with Crippen LogP contribution in [0.4, 0.5) is 8.78 Å². The van der Waals surface area contributed by atoms with E-state index < -0.39 is 17.8 Å².